The molecule has 0 unspecified atom stereocenters. The average molecular weight is 325 g/mol. The van der Waals surface area contributed by atoms with Crippen molar-refractivity contribution in [1.29, 1.82) is 0 Å². The van der Waals surface area contributed by atoms with Gasteiger partial charge < -0.3 is 15.5 Å². The Kier molecular flexibility index (Phi) is 4.80. The van der Waals surface area contributed by atoms with Gasteiger partial charge in [-0.2, -0.15) is 9.67 Å². The highest BCUT2D eigenvalue weighted by Crippen LogP contribution is 2.10. The van der Waals surface area contributed by atoms with Crippen molar-refractivity contribution < 1.29 is 0 Å². The van der Waals surface area contributed by atoms with Crippen molar-refractivity contribution in [2.24, 2.45) is 0 Å². The molecule has 0 atom stereocenters. The maximum atomic E-state index is 4.40. The number of aromatic nitrogens is 6. The highest BCUT2D eigenvalue weighted by atomic mass is 15.6. The summed E-state index contributed by atoms with van der Waals surface area (Å²) in [4.78, 5) is 10.5. The predicted octanol–water partition coefficient (Wildman–Crippen LogP) is 1.04. The third kappa shape index (κ3) is 3.75. The molecule has 3 rings (SSSR count). The van der Waals surface area contributed by atoms with Crippen LogP contribution in [0, 0.1) is 0 Å². The zero-order valence-electron chi connectivity index (χ0n) is 13.6. The SMILES string of the molecule is CN(C)c1ccnc(NCCNc2nnnn2-c2ccccc2)n1. The van der Waals surface area contributed by atoms with Gasteiger partial charge in [-0.15, -0.1) is 0 Å². The van der Waals surface area contributed by atoms with Crippen molar-refractivity contribution in [3.63, 3.8) is 0 Å². The first-order valence-electron chi connectivity index (χ1n) is 7.56. The van der Waals surface area contributed by atoms with Gasteiger partial charge in [0.05, 0.1) is 5.69 Å². The molecule has 0 bridgehead atoms. The molecule has 0 saturated heterocycles. The first-order valence-corrected chi connectivity index (χ1v) is 7.56. The standard InChI is InChI=1S/C15H19N9/c1-23(2)13-8-9-16-14(19-13)17-10-11-18-15-20-21-22-24(15)12-6-4-3-5-7-12/h3-9H,10-11H2,1-2H3,(H,16,17,19)(H,18,20,22). The molecule has 0 saturated carbocycles. The zero-order chi connectivity index (χ0) is 16.8. The molecule has 2 heterocycles. The summed E-state index contributed by atoms with van der Waals surface area (Å²) in [6.45, 7) is 1.27. The van der Waals surface area contributed by atoms with Gasteiger partial charge in [-0.25, -0.2) is 4.98 Å². The molecule has 0 radical (unpaired) electrons. The zero-order valence-corrected chi connectivity index (χ0v) is 13.6. The summed E-state index contributed by atoms with van der Waals surface area (Å²) in [6.07, 6.45) is 1.73. The summed E-state index contributed by atoms with van der Waals surface area (Å²) in [7, 11) is 3.88. The fourth-order valence-corrected chi connectivity index (χ4v) is 2.07. The number of rotatable bonds is 7. The summed E-state index contributed by atoms with van der Waals surface area (Å²) in [5, 5.41) is 18.1. The number of nitrogens with one attached hydrogen (secondary N) is 2. The Morgan fingerprint density at radius 3 is 2.62 bits per heavy atom. The summed E-state index contributed by atoms with van der Waals surface area (Å²) < 4.78 is 1.66. The smallest absolute Gasteiger partial charge is 0.247 e. The average Bonchev–Trinajstić information content (AvgIpc) is 3.08. The molecule has 0 spiro atoms. The second-order valence-electron chi connectivity index (χ2n) is 5.24. The fourth-order valence-electron chi connectivity index (χ4n) is 2.07. The minimum Gasteiger partial charge on any atom is -0.363 e. The molecule has 0 aliphatic heterocycles. The maximum absolute atomic E-state index is 4.40. The van der Waals surface area contributed by atoms with Crippen LogP contribution in [-0.2, 0) is 0 Å². The number of benzene rings is 1. The van der Waals surface area contributed by atoms with Gasteiger partial charge in [-0.3, -0.25) is 0 Å². The molecule has 9 heteroatoms. The lowest BCUT2D eigenvalue weighted by Gasteiger charge is -2.12. The van der Waals surface area contributed by atoms with Gasteiger partial charge in [-0.05, 0) is 28.6 Å². The fraction of sp³-hybridized carbons (Fsp3) is 0.267. The normalized spacial score (nSPS) is 10.4. The van der Waals surface area contributed by atoms with Crippen LogP contribution in [0.5, 0.6) is 0 Å². The maximum Gasteiger partial charge on any atom is 0.247 e. The van der Waals surface area contributed by atoms with Gasteiger partial charge in [0.15, 0.2) is 0 Å². The van der Waals surface area contributed by atoms with E-state index in [9.17, 15) is 0 Å². The van der Waals surface area contributed by atoms with Gasteiger partial charge >= 0.3 is 0 Å². The molecular formula is C15H19N9. The van der Waals surface area contributed by atoms with Crippen LogP contribution in [0.1, 0.15) is 0 Å². The first-order chi connectivity index (χ1) is 11.7. The first kappa shape index (κ1) is 15.7. The van der Waals surface area contributed by atoms with Crippen LogP contribution < -0.4 is 15.5 Å². The largest absolute Gasteiger partial charge is 0.363 e. The number of hydrogen-bond acceptors (Lipinski definition) is 8. The van der Waals surface area contributed by atoms with E-state index in [0.29, 0.717) is 25.0 Å². The highest BCUT2D eigenvalue weighted by molar-refractivity contribution is 5.41. The van der Waals surface area contributed by atoms with E-state index in [4.69, 9.17) is 0 Å². The van der Waals surface area contributed by atoms with Gasteiger partial charge in [0.2, 0.25) is 11.9 Å². The lowest BCUT2D eigenvalue weighted by Crippen LogP contribution is -2.18. The molecule has 0 aliphatic rings. The van der Waals surface area contributed by atoms with E-state index in [1.54, 1.807) is 10.9 Å². The van der Waals surface area contributed by atoms with Crippen LogP contribution in [0.25, 0.3) is 5.69 Å². The summed E-state index contributed by atoms with van der Waals surface area (Å²) in [6, 6.07) is 11.6. The number of tetrazole rings is 1. The van der Waals surface area contributed by atoms with Gasteiger partial charge in [-0.1, -0.05) is 23.3 Å². The molecule has 0 aliphatic carbocycles. The highest BCUT2D eigenvalue weighted by Gasteiger charge is 2.07. The Morgan fingerprint density at radius 2 is 1.83 bits per heavy atom. The molecule has 3 aromatic rings. The van der Waals surface area contributed by atoms with Crippen molar-refractivity contribution in [1.82, 2.24) is 30.2 Å². The topological polar surface area (TPSA) is 96.7 Å². The molecule has 124 valence electrons. The molecule has 0 fully saturated rings. The Balaban J connectivity index is 1.55. The van der Waals surface area contributed by atoms with Crippen LogP contribution >= 0.6 is 0 Å². The van der Waals surface area contributed by atoms with Crippen LogP contribution in [0.15, 0.2) is 42.6 Å². The van der Waals surface area contributed by atoms with Crippen molar-refractivity contribution in [3.05, 3.63) is 42.6 Å². The van der Waals surface area contributed by atoms with Crippen LogP contribution in [0.3, 0.4) is 0 Å². The van der Waals surface area contributed by atoms with E-state index in [-0.39, 0.29) is 0 Å². The number of para-hydroxylation sites is 1. The van der Waals surface area contributed by atoms with Gasteiger partial charge in [0.1, 0.15) is 5.82 Å². The second-order valence-corrected chi connectivity index (χ2v) is 5.24. The minimum atomic E-state index is 0.589. The van der Waals surface area contributed by atoms with Crippen molar-refractivity contribution >= 4 is 17.7 Å². The molecule has 2 aromatic heterocycles. The van der Waals surface area contributed by atoms with E-state index in [2.05, 4.69) is 36.1 Å². The predicted molar refractivity (Wildman–Crippen MR) is 92.5 cm³/mol. The second kappa shape index (κ2) is 7.36. The van der Waals surface area contributed by atoms with Crippen LogP contribution in [0.2, 0.25) is 0 Å². The summed E-state index contributed by atoms with van der Waals surface area (Å²) in [5.41, 5.74) is 0.903. The van der Waals surface area contributed by atoms with Crippen molar-refractivity contribution in [3.8, 4) is 5.69 Å². The lowest BCUT2D eigenvalue weighted by molar-refractivity contribution is 0.789. The van der Waals surface area contributed by atoms with E-state index >= 15 is 0 Å². The monoisotopic (exact) mass is 325 g/mol. The number of hydrogen-bond donors (Lipinski definition) is 2. The summed E-state index contributed by atoms with van der Waals surface area (Å²) in [5.74, 6) is 2.03. The molecular weight excluding hydrogens is 306 g/mol. The van der Waals surface area contributed by atoms with Gasteiger partial charge in [0.25, 0.3) is 0 Å². The van der Waals surface area contributed by atoms with Gasteiger partial charge in [0, 0.05) is 33.4 Å². The van der Waals surface area contributed by atoms with E-state index in [1.165, 1.54) is 0 Å². The summed E-state index contributed by atoms with van der Waals surface area (Å²) >= 11 is 0. The molecule has 2 N–H and O–H groups in total. The molecule has 0 amide bonds. The Bertz CT molecular complexity index is 769. The van der Waals surface area contributed by atoms with E-state index in [0.717, 1.165) is 11.5 Å². The minimum absolute atomic E-state index is 0.589. The quantitative estimate of drug-likeness (QED) is 0.622. The van der Waals surface area contributed by atoms with E-state index < -0.39 is 0 Å². The Hall–Kier alpha value is -3.23. The van der Waals surface area contributed by atoms with Crippen LogP contribution in [-0.4, -0.2) is 57.4 Å². The van der Waals surface area contributed by atoms with E-state index in [1.807, 2.05) is 55.4 Å². The van der Waals surface area contributed by atoms with Crippen molar-refractivity contribution in [2.45, 2.75) is 0 Å². The molecule has 24 heavy (non-hydrogen) atoms. The Morgan fingerprint density at radius 1 is 1.04 bits per heavy atom. The Labute approximate surface area is 139 Å². The third-order valence-electron chi connectivity index (χ3n) is 3.26. The van der Waals surface area contributed by atoms with Crippen molar-refractivity contribution in [2.75, 3.05) is 42.7 Å². The van der Waals surface area contributed by atoms with Crippen LogP contribution in [0.4, 0.5) is 17.7 Å². The third-order valence-corrected chi connectivity index (χ3v) is 3.26. The number of nitrogens with zero attached hydrogens (tertiary/aromatic N) is 7. The number of anilines is 3. The molecule has 1 aromatic carbocycles. The lowest BCUT2D eigenvalue weighted by atomic mass is 10.3. The molecule has 9 nitrogen and oxygen atoms in total.